The molecule has 0 saturated heterocycles. The number of carbonyl (C=O) groups is 1. The normalized spacial score (nSPS) is 11.5. The van der Waals surface area contributed by atoms with Crippen LogP contribution in [0.25, 0.3) is 10.9 Å². The van der Waals surface area contributed by atoms with Crippen LogP contribution in [0.1, 0.15) is 41.0 Å². The summed E-state index contributed by atoms with van der Waals surface area (Å²) in [6.07, 6.45) is 0.839. The minimum Gasteiger partial charge on any atom is -0.337 e. The maximum atomic E-state index is 12.7. The molecule has 0 aliphatic rings. The van der Waals surface area contributed by atoms with Crippen LogP contribution in [0.5, 0.6) is 0 Å². The van der Waals surface area contributed by atoms with Gasteiger partial charge >= 0.3 is 0 Å². The van der Waals surface area contributed by atoms with Crippen LogP contribution in [-0.4, -0.2) is 38.2 Å². The molecule has 136 valence electrons. The molecule has 0 aliphatic carbocycles. The zero-order valence-corrected chi connectivity index (χ0v) is 16.5. The number of benzene rings is 1. The third-order valence-electron chi connectivity index (χ3n) is 4.00. The van der Waals surface area contributed by atoms with Crippen LogP contribution in [0.2, 0.25) is 0 Å². The highest BCUT2D eigenvalue weighted by atomic mass is 32.2. The van der Waals surface area contributed by atoms with Crippen molar-refractivity contribution >= 4 is 28.6 Å². The van der Waals surface area contributed by atoms with Gasteiger partial charge < -0.3 is 4.90 Å². The lowest BCUT2D eigenvalue weighted by molar-refractivity contribution is -0.131. The van der Waals surface area contributed by atoms with E-state index in [2.05, 4.69) is 4.98 Å². The Morgan fingerprint density at radius 1 is 1.20 bits per heavy atom. The summed E-state index contributed by atoms with van der Waals surface area (Å²) >= 11 is 1.35. The van der Waals surface area contributed by atoms with E-state index >= 15 is 0 Å². The quantitative estimate of drug-likeness (QED) is 0.559. The third-order valence-corrected chi connectivity index (χ3v) is 4.96. The van der Waals surface area contributed by atoms with Crippen LogP contribution >= 0.6 is 11.8 Å². The summed E-state index contributed by atoms with van der Waals surface area (Å²) in [5.74, 6) is 0.352. The molecule has 2 rings (SSSR count). The highest BCUT2D eigenvalue weighted by molar-refractivity contribution is 7.99. The monoisotopic (exact) mass is 361 g/mol. The minimum atomic E-state index is -0.0352. The van der Waals surface area contributed by atoms with Gasteiger partial charge in [-0.15, -0.1) is 0 Å². The van der Waals surface area contributed by atoms with E-state index in [4.69, 9.17) is 0 Å². The number of aromatic nitrogens is 2. The average molecular weight is 362 g/mol. The Labute approximate surface area is 153 Å². The second kappa shape index (κ2) is 8.52. The number of fused-ring (bicyclic) bond motifs is 1. The summed E-state index contributed by atoms with van der Waals surface area (Å²) in [6.45, 7) is 10.7. The molecule has 25 heavy (non-hydrogen) atoms. The first kappa shape index (κ1) is 19.5. The Hall–Kier alpha value is -1.82. The Morgan fingerprint density at radius 2 is 1.84 bits per heavy atom. The van der Waals surface area contributed by atoms with Gasteiger partial charge in [0.05, 0.1) is 16.7 Å². The van der Waals surface area contributed by atoms with Crippen molar-refractivity contribution in [2.24, 2.45) is 0 Å². The Balaban J connectivity index is 2.32. The molecular weight excluding hydrogens is 334 g/mol. The van der Waals surface area contributed by atoms with Crippen LogP contribution in [0.15, 0.2) is 34.2 Å². The average Bonchev–Trinajstić information content (AvgIpc) is 2.55. The Kier molecular flexibility index (Phi) is 6.64. The van der Waals surface area contributed by atoms with Gasteiger partial charge in [-0.05, 0) is 46.2 Å². The van der Waals surface area contributed by atoms with E-state index in [1.807, 2.05) is 57.7 Å². The van der Waals surface area contributed by atoms with Crippen molar-refractivity contribution in [1.29, 1.82) is 0 Å². The topological polar surface area (TPSA) is 55.2 Å². The fourth-order valence-electron chi connectivity index (χ4n) is 3.05. The van der Waals surface area contributed by atoms with Gasteiger partial charge in [-0.3, -0.25) is 14.2 Å². The summed E-state index contributed by atoms with van der Waals surface area (Å²) in [7, 11) is 0. The van der Waals surface area contributed by atoms with Gasteiger partial charge in [0.2, 0.25) is 5.91 Å². The fourth-order valence-corrected chi connectivity index (χ4v) is 3.95. The first-order valence-corrected chi connectivity index (χ1v) is 9.78. The van der Waals surface area contributed by atoms with Crippen molar-refractivity contribution in [3.63, 3.8) is 0 Å². The molecular formula is C19H27N3O2S. The van der Waals surface area contributed by atoms with Crippen molar-refractivity contribution in [1.82, 2.24) is 14.5 Å². The van der Waals surface area contributed by atoms with Gasteiger partial charge in [-0.1, -0.05) is 30.8 Å². The van der Waals surface area contributed by atoms with Crippen molar-refractivity contribution in [2.75, 3.05) is 5.75 Å². The van der Waals surface area contributed by atoms with Crippen LogP contribution < -0.4 is 5.56 Å². The number of nitrogens with zero attached hydrogens (tertiary/aromatic N) is 3. The van der Waals surface area contributed by atoms with E-state index in [9.17, 15) is 9.59 Å². The zero-order valence-electron chi connectivity index (χ0n) is 15.7. The smallest absolute Gasteiger partial charge is 0.262 e. The van der Waals surface area contributed by atoms with Gasteiger partial charge in [0.1, 0.15) is 0 Å². The minimum absolute atomic E-state index is 0.0352. The summed E-state index contributed by atoms with van der Waals surface area (Å²) in [5, 5.41) is 1.24. The van der Waals surface area contributed by atoms with Crippen LogP contribution in [-0.2, 0) is 11.3 Å². The van der Waals surface area contributed by atoms with Crippen molar-refractivity contribution in [2.45, 2.75) is 64.8 Å². The van der Waals surface area contributed by atoms with Crippen LogP contribution in [0, 0.1) is 0 Å². The molecule has 0 unspecified atom stereocenters. The molecule has 1 aromatic heterocycles. The Morgan fingerprint density at radius 3 is 2.44 bits per heavy atom. The predicted octanol–water partition coefficient (Wildman–Crippen LogP) is 3.54. The lowest BCUT2D eigenvalue weighted by atomic mass is 10.2. The van der Waals surface area contributed by atoms with Crippen molar-refractivity contribution < 1.29 is 4.79 Å². The maximum absolute atomic E-state index is 12.7. The number of para-hydroxylation sites is 1. The molecule has 0 saturated carbocycles. The number of amides is 1. The molecule has 5 nitrogen and oxygen atoms in total. The number of hydrogen-bond acceptors (Lipinski definition) is 4. The van der Waals surface area contributed by atoms with Gasteiger partial charge in [0, 0.05) is 18.6 Å². The number of hydrogen-bond donors (Lipinski definition) is 0. The fraction of sp³-hybridized carbons (Fsp3) is 0.526. The van der Waals surface area contributed by atoms with Gasteiger partial charge in [-0.2, -0.15) is 0 Å². The first-order valence-electron chi connectivity index (χ1n) is 8.80. The Bertz CT molecular complexity index is 791. The highest BCUT2D eigenvalue weighted by Crippen LogP contribution is 2.19. The lowest BCUT2D eigenvalue weighted by Gasteiger charge is -2.30. The summed E-state index contributed by atoms with van der Waals surface area (Å²) in [5.41, 5.74) is 0.645. The van der Waals surface area contributed by atoms with E-state index in [1.165, 1.54) is 11.8 Å². The third kappa shape index (κ3) is 4.42. The lowest BCUT2D eigenvalue weighted by Crippen LogP contribution is -2.43. The molecule has 0 atom stereocenters. The molecule has 6 heteroatoms. The summed E-state index contributed by atoms with van der Waals surface area (Å²) in [6, 6.07) is 7.66. The predicted molar refractivity (Wildman–Crippen MR) is 104 cm³/mol. The second-order valence-corrected chi connectivity index (χ2v) is 7.59. The van der Waals surface area contributed by atoms with E-state index in [0.717, 1.165) is 6.42 Å². The number of thioether (sulfide) groups is 1. The molecule has 0 aliphatic heterocycles. The van der Waals surface area contributed by atoms with E-state index in [-0.39, 0.29) is 29.3 Å². The SMILES string of the molecule is CCCn1c(SCC(=O)N(C(C)C)C(C)C)nc2ccccc2c1=O. The standard InChI is InChI=1S/C19H27N3O2S/c1-6-11-21-18(24)15-9-7-8-10-16(15)20-19(21)25-12-17(23)22(13(2)3)14(4)5/h7-10,13-14H,6,11-12H2,1-5H3. The summed E-state index contributed by atoms with van der Waals surface area (Å²) in [4.78, 5) is 31.9. The van der Waals surface area contributed by atoms with E-state index in [0.29, 0.717) is 22.6 Å². The highest BCUT2D eigenvalue weighted by Gasteiger charge is 2.21. The molecule has 0 bridgehead atoms. The molecule has 1 amide bonds. The zero-order chi connectivity index (χ0) is 18.6. The van der Waals surface area contributed by atoms with Crippen molar-refractivity contribution in [3.8, 4) is 0 Å². The van der Waals surface area contributed by atoms with E-state index in [1.54, 1.807) is 10.6 Å². The largest absolute Gasteiger partial charge is 0.337 e. The molecule has 2 aromatic rings. The maximum Gasteiger partial charge on any atom is 0.262 e. The van der Waals surface area contributed by atoms with E-state index < -0.39 is 0 Å². The molecule has 0 N–H and O–H groups in total. The number of carbonyl (C=O) groups excluding carboxylic acids is 1. The first-order chi connectivity index (χ1) is 11.9. The van der Waals surface area contributed by atoms with Gasteiger partial charge in [0.15, 0.2) is 5.16 Å². The molecule has 0 fully saturated rings. The van der Waals surface area contributed by atoms with Gasteiger partial charge in [-0.25, -0.2) is 4.98 Å². The van der Waals surface area contributed by atoms with Crippen LogP contribution in [0.4, 0.5) is 0 Å². The van der Waals surface area contributed by atoms with Crippen molar-refractivity contribution in [3.05, 3.63) is 34.6 Å². The molecule has 1 heterocycles. The van der Waals surface area contributed by atoms with Crippen LogP contribution in [0.3, 0.4) is 0 Å². The molecule has 0 radical (unpaired) electrons. The molecule has 1 aromatic carbocycles. The summed E-state index contributed by atoms with van der Waals surface area (Å²) < 4.78 is 1.69. The van der Waals surface area contributed by atoms with Gasteiger partial charge in [0.25, 0.3) is 5.56 Å². The molecule has 0 spiro atoms. The second-order valence-electron chi connectivity index (χ2n) is 6.65. The number of rotatable bonds is 7.